The maximum atomic E-state index is 13.0. The predicted octanol–water partition coefficient (Wildman–Crippen LogP) is 5.12. The molecule has 0 saturated carbocycles. The standard InChI is InChI=1S/C25H25N3O2/c1-3-19-11-9-10-18(2)25(19)27-24(29)16-28-22-15-8-7-14-21(22)26-23(28)17-30-20-12-5-4-6-13-20/h4-15H,3,16-17H2,1-2H3,(H,27,29). The molecule has 0 bridgehead atoms. The van der Waals surface area contributed by atoms with Crippen LogP contribution in [0, 0.1) is 6.92 Å². The summed E-state index contributed by atoms with van der Waals surface area (Å²) in [5.41, 5.74) is 4.86. The number of fused-ring (bicyclic) bond motifs is 1. The molecule has 0 radical (unpaired) electrons. The van der Waals surface area contributed by atoms with E-state index in [4.69, 9.17) is 9.72 Å². The second-order valence-electron chi connectivity index (χ2n) is 7.22. The Morgan fingerprint density at radius 3 is 2.57 bits per heavy atom. The number of carbonyl (C=O) groups is 1. The fourth-order valence-corrected chi connectivity index (χ4v) is 3.60. The van der Waals surface area contributed by atoms with E-state index >= 15 is 0 Å². The summed E-state index contributed by atoms with van der Waals surface area (Å²) in [6, 6.07) is 23.5. The first-order valence-electron chi connectivity index (χ1n) is 10.2. The van der Waals surface area contributed by atoms with Gasteiger partial charge in [0.25, 0.3) is 0 Å². The highest BCUT2D eigenvalue weighted by Gasteiger charge is 2.16. The molecule has 30 heavy (non-hydrogen) atoms. The van der Waals surface area contributed by atoms with Crippen LogP contribution in [-0.2, 0) is 24.4 Å². The fourth-order valence-electron chi connectivity index (χ4n) is 3.60. The second kappa shape index (κ2) is 8.82. The van der Waals surface area contributed by atoms with Crippen LogP contribution in [-0.4, -0.2) is 15.5 Å². The lowest BCUT2D eigenvalue weighted by Gasteiger charge is -2.15. The van der Waals surface area contributed by atoms with Crippen molar-refractivity contribution in [2.75, 3.05) is 5.32 Å². The van der Waals surface area contributed by atoms with Crippen molar-refractivity contribution in [2.24, 2.45) is 0 Å². The van der Waals surface area contributed by atoms with Gasteiger partial charge >= 0.3 is 0 Å². The number of hydrogen-bond donors (Lipinski definition) is 1. The van der Waals surface area contributed by atoms with Gasteiger partial charge in [0.05, 0.1) is 11.0 Å². The summed E-state index contributed by atoms with van der Waals surface area (Å²) < 4.78 is 7.83. The molecule has 152 valence electrons. The summed E-state index contributed by atoms with van der Waals surface area (Å²) in [7, 11) is 0. The summed E-state index contributed by atoms with van der Waals surface area (Å²) >= 11 is 0. The van der Waals surface area contributed by atoms with Crippen molar-refractivity contribution < 1.29 is 9.53 Å². The molecule has 4 rings (SSSR count). The number of aryl methyl sites for hydroxylation is 2. The van der Waals surface area contributed by atoms with Crippen LogP contribution in [0.3, 0.4) is 0 Å². The summed E-state index contributed by atoms with van der Waals surface area (Å²) in [5.74, 6) is 1.41. The lowest BCUT2D eigenvalue weighted by atomic mass is 10.1. The summed E-state index contributed by atoms with van der Waals surface area (Å²) in [4.78, 5) is 17.7. The molecule has 0 spiro atoms. The van der Waals surface area contributed by atoms with Crippen molar-refractivity contribution in [3.8, 4) is 5.75 Å². The molecule has 0 atom stereocenters. The summed E-state index contributed by atoms with van der Waals surface area (Å²) in [6.07, 6.45) is 0.863. The number of hydrogen-bond acceptors (Lipinski definition) is 3. The van der Waals surface area contributed by atoms with E-state index in [0.717, 1.165) is 45.8 Å². The van der Waals surface area contributed by atoms with Gasteiger partial charge in [0.2, 0.25) is 5.91 Å². The molecule has 1 N–H and O–H groups in total. The van der Waals surface area contributed by atoms with Gasteiger partial charge in [0, 0.05) is 5.69 Å². The predicted molar refractivity (Wildman–Crippen MR) is 120 cm³/mol. The number of amides is 1. The smallest absolute Gasteiger partial charge is 0.244 e. The first-order valence-corrected chi connectivity index (χ1v) is 10.2. The molecule has 5 heteroatoms. The van der Waals surface area contributed by atoms with E-state index < -0.39 is 0 Å². The number of anilines is 1. The number of aromatic nitrogens is 2. The minimum atomic E-state index is -0.0804. The number of nitrogens with one attached hydrogen (secondary N) is 1. The van der Waals surface area contributed by atoms with E-state index in [9.17, 15) is 4.79 Å². The average Bonchev–Trinajstić information content (AvgIpc) is 3.11. The Kier molecular flexibility index (Phi) is 5.80. The monoisotopic (exact) mass is 399 g/mol. The molecule has 0 unspecified atom stereocenters. The lowest BCUT2D eigenvalue weighted by Crippen LogP contribution is -2.22. The number of benzene rings is 3. The van der Waals surface area contributed by atoms with Crippen LogP contribution in [0.1, 0.15) is 23.9 Å². The van der Waals surface area contributed by atoms with Crippen LogP contribution in [0.25, 0.3) is 11.0 Å². The molecule has 1 amide bonds. The van der Waals surface area contributed by atoms with Gasteiger partial charge in [-0.25, -0.2) is 4.98 Å². The average molecular weight is 399 g/mol. The van der Waals surface area contributed by atoms with Crippen LogP contribution in [0.5, 0.6) is 5.75 Å². The third-order valence-electron chi connectivity index (χ3n) is 5.15. The minimum absolute atomic E-state index is 0.0804. The molecule has 1 aromatic heterocycles. The molecule has 5 nitrogen and oxygen atoms in total. The molecule has 0 aliphatic heterocycles. The molecular formula is C25H25N3O2. The zero-order chi connectivity index (χ0) is 20.9. The highest BCUT2D eigenvalue weighted by Crippen LogP contribution is 2.22. The van der Waals surface area contributed by atoms with Crippen molar-refractivity contribution in [1.82, 2.24) is 9.55 Å². The Morgan fingerprint density at radius 2 is 1.77 bits per heavy atom. The molecule has 1 heterocycles. The Labute approximate surface area is 176 Å². The summed E-state index contributed by atoms with van der Waals surface area (Å²) in [6.45, 7) is 4.56. The summed E-state index contributed by atoms with van der Waals surface area (Å²) in [5, 5.41) is 3.11. The highest BCUT2D eigenvalue weighted by atomic mass is 16.5. The number of ether oxygens (including phenoxy) is 1. The topological polar surface area (TPSA) is 56.2 Å². The Hall–Kier alpha value is -3.60. The van der Waals surface area contributed by atoms with Gasteiger partial charge < -0.3 is 14.6 Å². The second-order valence-corrected chi connectivity index (χ2v) is 7.22. The number of imidazole rings is 1. The van der Waals surface area contributed by atoms with Crippen molar-refractivity contribution in [3.05, 3.63) is 89.7 Å². The molecule has 0 aliphatic rings. The maximum Gasteiger partial charge on any atom is 0.244 e. The third kappa shape index (κ3) is 4.20. The number of para-hydroxylation sites is 4. The van der Waals surface area contributed by atoms with Crippen LogP contribution in [0.4, 0.5) is 5.69 Å². The normalized spacial score (nSPS) is 10.9. The molecule has 3 aromatic carbocycles. The molecule has 4 aromatic rings. The van der Waals surface area contributed by atoms with E-state index in [1.807, 2.05) is 84.3 Å². The van der Waals surface area contributed by atoms with Crippen LogP contribution < -0.4 is 10.1 Å². The number of rotatable bonds is 7. The quantitative estimate of drug-likeness (QED) is 0.469. The van der Waals surface area contributed by atoms with Crippen molar-refractivity contribution in [2.45, 2.75) is 33.4 Å². The first-order chi connectivity index (χ1) is 14.7. The molecule has 0 fully saturated rings. The van der Waals surface area contributed by atoms with E-state index in [2.05, 4.69) is 12.2 Å². The third-order valence-corrected chi connectivity index (χ3v) is 5.15. The fraction of sp³-hybridized carbons (Fsp3) is 0.200. The van der Waals surface area contributed by atoms with Gasteiger partial charge in [-0.15, -0.1) is 0 Å². The molecule has 0 saturated heterocycles. The van der Waals surface area contributed by atoms with Gasteiger partial charge in [0.1, 0.15) is 24.7 Å². The number of carbonyl (C=O) groups excluding carboxylic acids is 1. The van der Waals surface area contributed by atoms with Crippen LogP contribution in [0.2, 0.25) is 0 Å². The van der Waals surface area contributed by atoms with Crippen molar-refractivity contribution in [3.63, 3.8) is 0 Å². The highest BCUT2D eigenvalue weighted by molar-refractivity contribution is 5.93. The van der Waals surface area contributed by atoms with E-state index in [0.29, 0.717) is 0 Å². The molecular weight excluding hydrogens is 374 g/mol. The molecule has 0 aliphatic carbocycles. The van der Waals surface area contributed by atoms with Gasteiger partial charge in [-0.05, 0) is 48.7 Å². The lowest BCUT2D eigenvalue weighted by molar-refractivity contribution is -0.116. The van der Waals surface area contributed by atoms with E-state index in [1.165, 1.54) is 0 Å². The Balaban J connectivity index is 1.59. The number of nitrogens with zero attached hydrogens (tertiary/aromatic N) is 2. The zero-order valence-electron chi connectivity index (χ0n) is 17.3. The van der Waals surface area contributed by atoms with Gasteiger partial charge in [-0.2, -0.15) is 0 Å². The van der Waals surface area contributed by atoms with Crippen LogP contribution >= 0.6 is 0 Å². The van der Waals surface area contributed by atoms with Gasteiger partial charge in [-0.3, -0.25) is 4.79 Å². The zero-order valence-corrected chi connectivity index (χ0v) is 17.3. The van der Waals surface area contributed by atoms with E-state index in [-0.39, 0.29) is 19.1 Å². The van der Waals surface area contributed by atoms with Gasteiger partial charge in [0.15, 0.2) is 0 Å². The Bertz CT molecular complexity index is 1170. The van der Waals surface area contributed by atoms with Crippen molar-refractivity contribution in [1.29, 1.82) is 0 Å². The Morgan fingerprint density at radius 1 is 1.00 bits per heavy atom. The largest absolute Gasteiger partial charge is 0.486 e. The minimum Gasteiger partial charge on any atom is -0.486 e. The van der Waals surface area contributed by atoms with Crippen LogP contribution in [0.15, 0.2) is 72.8 Å². The SMILES string of the molecule is CCc1cccc(C)c1NC(=O)Cn1c(COc2ccccc2)nc2ccccc21. The maximum absolute atomic E-state index is 13.0. The van der Waals surface area contributed by atoms with Gasteiger partial charge in [-0.1, -0.05) is 55.5 Å². The van der Waals surface area contributed by atoms with E-state index in [1.54, 1.807) is 0 Å². The first kappa shape index (κ1) is 19.7. The van der Waals surface area contributed by atoms with Crippen molar-refractivity contribution >= 4 is 22.6 Å².